The summed E-state index contributed by atoms with van der Waals surface area (Å²) in [5.41, 5.74) is 1.69. The minimum absolute atomic E-state index is 0.0370. The molecule has 1 aromatic heterocycles. The summed E-state index contributed by atoms with van der Waals surface area (Å²) < 4.78 is 12.9. The van der Waals surface area contributed by atoms with Crippen molar-refractivity contribution in [1.82, 2.24) is 9.78 Å². The van der Waals surface area contributed by atoms with Gasteiger partial charge in [0.25, 0.3) is 5.56 Å². The van der Waals surface area contributed by atoms with Crippen LogP contribution in [0.15, 0.2) is 35.1 Å². The maximum absolute atomic E-state index is 11.9. The molecule has 1 aromatic carbocycles. The van der Waals surface area contributed by atoms with Gasteiger partial charge in [-0.25, -0.2) is 4.68 Å². The summed E-state index contributed by atoms with van der Waals surface area (Å²) in [6.45, 7) is 2.05. The summed E-state index contributed by atoms with van der Waals surface area (Å²) in [4.78, 5) is 11.9. The molecule has 1 aliphatic carbocycles. The molecule has 22 heavy (non-hydrogen) atoms. The van der Waals surface area contributed by atoms with Gasteiger partial charge in [0.1, 0.15) is 0 Å². The van der Waals surface area contributed by atoms with E-state index in [1.807, 2.05) is 18.2 Å². The SMILES string of the molecule is O=c1ccc(-c2ccc3c(c2)OCCCO3)nn1CC1CC1. The summed E-state index contributed by atoms with van der Waals surface area (Å²) in [6, 6.07) is 9.17. The first-order chi connectivity index (χ1) is 10.8. The van der Waals surface area contributed by atoms with E-state index in [-0.39, 0.29) is 5.56 Å². The summed E-state index contributed by atoms with van der Waals surface area (Å²) in [5, 5.41) is 4.50. The maximum atomic E-state index is 11.9. The highest BCUT2D eigenvalue weighted by Crippen LogP contribution is 2.34. The van der Waals surface area contributed by atoms with Gasteiger partial charge in [0.15, 0.2) is 11.5 Å². The van der Waals surface area contributed by atoms with Crippen LogP contribution in [-0.4, -0.2) is 23.0 Å². The number of hydrogen-bond acceptors (Lipinski definition) is 4. The van der Waals surface area contributed by atoms with Crippen molar-refractivity contribution in [3.05, 3.63) is 40.7 Å². The Morgan fingerprint density at radius 1 is 1.09 bits per heavy atom. The van der Waals surface area contributed by atoms with E-state index in [2.05, 4.69) is 5.10 Å². The summed E-state index contributed by atoms with van der Waals surface area (Å²) in [5.74, 6) is 2.13. The minimum Gasteiger partial charge on any atom is -0.490 e. The van der Waals surface area contributed by atoms with Gasteiger partial charge in [-0.3, -0.25) is 4.79 Å². The standard InChI is InChI=1S/C17H18N2O3/c20-17-7-5-14(18-19(17)11-12-2-3-12)13-4-6-15-16(10-13)22-9-1-8-21-15/h4-7,10,12H,1-3,8-9,11H2. The highest BCUT2D eigenvalue weighted by atomic mass is 16.5. The predicted molar refractivity (Wildman–Crippen MR) is 82.3 cm³/mol. The summed E-state index contributed by atoms with van der Waals surface area (Å²) in [7, 11) is 0. The zero-order valence-corrected chi connectivity index (χ0v) is 12.3. The maximum Gasteiger partial charge on any atom is 0.266 e. The average molecular weight is 298 g/mol. The Labute approximate surface area is 128 Å². The van der Waals surface area contributed by atoms with Crippen LogP contribution in [0.25, 0.3) is 11.3 Å². The molecular formula is C17H18N2O3. The van der Waals surface area contributed by atoms with Crippen LogP contribution in [0.3, 0.4) is 0 Å². The molecule has 0 unspecified atom stereocenters. The molecule has 1 saturated carbocycles. The van der Waals surface area contributed by atoms with E-state index < -0.39 is 0 Å². The van der Waals surface area contributed by atoms with E-state index >= 15 is 0 Å². The normalized spacial score (nSPS) is 17.1. The van der Waals surface area contributed by atoms with Crippen LogP contribution < -0.4 is 15.0 Å². The molecule has 5 heteroatoms. The van der Waals surface area contributed by atoms with Crippen molar-refractivity contribution < 1.29 is 9.47 Å². The quantitative estimate of drug-likeness (QED) is 0.873. The molecule has 1 fully saturated rings. The Hall–Kier alpha value is -2.30. The van der Waals surface area contributed by atoms with E-state index in [4.69, 9.17) is 9.47 Å². The van der Waals surface area contributed by atoms with Crippen molar-refractivity contribution in [2.24, 2.45) is 5.92 Å². The number of ether oxygens (including phenoxy) is 2. The number of aromatic nitrogens is 2. The Balaban J connectivity index is 1.69. The lowest BCUT2D eigenvalue weighted by Crippen LogP contribution is -2.23. The Kier molecular flexibility index (Phi) is 3.33. The molecule has 0 spiro atoms. The van der Waals surface area contributed by atoms with Gasteiger partial charge in [0.2, 0.25) is 0 Å². The molecule has 0 saturated heterocycles. The first-order valence-corrected chi connectivity index (χ1v) is 7.78. The Bertz CT molecular complexity index is 750. The second-order valence-corrected chi connectivity index (χ2v) is 5.89. The van der Waals surface area contributed by atoms with Gasteiger partial charge in [-0.05, 0) is 43.0 Å². The van der Waals surface area contributed by atoms with Gasteiger partial charge >= 0.3 is 0 Å². The molecular weight excluding hydrogens is 280 g/mol. The van der Waals surface area contributed by atoms with Crippen LogP contribution in [0.4, 0.5) is 0 Å². The van der Waals surface area contributed by atoms with E-state index in [1.165, 1.54) is 12.8 Å². The highest BCUT2D eigenvalue weighted by molar-refractivity contribution is 5.63. The molecule has 5 nitrogen and oxygen atoms in total. The molecule has 0 radical (unpaired) electrons. The third kappa shape index (κ3) is 2.71. The van der Waals surface area contributed by atoms with E-state index in [0.29, 0.717) is 19.1 Å². The lowest BCUT2D eigenvalue weighted by Gasteiger charge is -2.10. The number of benzene rings is 1. The Morgan fingerprint density at radius 3 is 2.73 bits per heavy atom. The molecule has 114 valence electrons. The lowest BCUT2D eigenvalue weighted by atomic mass is 10.1. The third-order valence-electron chi connectivity index (χ3n) is 4.04. The molecule has 1 aliphatic heterocycles. The fourth-order valence-corrected chi connectivity index (χ4v) is 2.60. The van der Waals surface area contributed by atoms with Crippen LogP contribution >= 0.6 is 0 Å². The van der Waals surface area contributed by atoms with E-state index in [9.17, 15) is 4.79 Å². The second kappa shape index (κ2) is 5.48. The molecule has 2 heterocycles. The smallest absolute Gasteiger partial charge is 0.266 e. The lowest BCUT2D eigenvalue weighted by molar-refractivity contribution is 0.297. The molecule has 0 atom stereocenters. The first kappa shape index (κ1) is 13.4. The van der Waals surface area contributed by atoms with Gasteiger partial charge in [0.05, 0.1) is 18.9 Å². The fraction of sp³-hybridized carbons (Fsp3) is 0.412. The van der Waals surface area contributed by atoms with Gasteiger partial charge in [0, 0.05) is 24.6 Å². The molecule has 0 amide bonds. The van der Waals surface area contributed by atoms with Gasteiger partial charge in [-0.1, -0.05) is 0 Å². The van der Waals surface area contributed by atoms with Crippen LogP contribution in [0.2, 0.25) is 0 Å². The number of fused-ring (bicyclic) bond motifs is 1. The van der Waals surface area contributed by atoms with Crippen molar-refractivity contribution in [1.29, 1.82) is 0 Å². The third-order valence-corrected chi connectivity index (χ3v) is 4.04. The number of hydrogen-bond donors (Lipinski definition) is 0. The average Bonchev–Trinajstić information content (AvgIpc) is 3.35. The Morgan fingerprint density at radius 2 is 1.91 bits per heavy atom. The zero-order chi connectivity index (χ0) is 14.9. The van der Waals surface area contributed by atoms with Crippen LogP contribution in [0.5, 0.6) is 11.5 Å². The molecule has 0 bridgehead atoms. The predicted octanol–water partition coefficient (Wildman–Crippen LogP) is 2.48. The molecule has 2 aromatic rings. The topological polar surface area (TPSA) is 53.4 Å². The second-order valence-electron chi connectivity index (χ2n) is 5.89. The van der Waals surface area contributed by atoms with Gasteiger partial charge < -0.3 is 9.47 Å². The molecule has 2 aliphatic rings. The van der Waals surface area contributed by atoms with Gasteiger partial charge in [-0.2, -0.15) is 5.10 Å². The number of rotatable bonds is 3. The van der Waals surface area contributed by atoms with Gasteiger partial charge in [-0.15, -0.1) is 0 Å². The monoisotopic (exact) mass is 298 g/mol. The van der Waals surface area contributed by atoms with Crippen molar-refractivity contribution in [2.75, 3.05) is 13.2 Å². The van der Waals surface area contributed by atoms with Crippen molar-refractivity contribution >= 4 is 0 Å². The molecule has 0 N–H and O–H groups in total. The van der Waals surface area contributed by atoms with Crippen molar-refractivity contribution in [2.45, 2.75) is 25.8 Å². The van der Waals surface area contributed by atoms with Crippen LogP contribution in [0, 0.1) is 5.92 Å². The summed E-state index contributed by atoms with van der Waals surface area (Å²) in [6.07, 6.45) is 3.28. The molecule has 4 rings (SSSR count). The minimum atomic E-state index is -0.0370. The van der Waals surface area contributed by atoms with Crippen LogP contribution in [0.1, 0.15) is 19.3 Å². The van der Waals surface area contributed by atoms with E-state index in [0.717, 1.165) is 35.7 Å². The van der Waals surface area contributed by atoms with Crippen molar-refractivity contribution in [3.8, 4) is 22.8 Å². The van der Waals surface area contributed by atoms with Crippen LogP contribution in [-0.2, 0) is 6.54 Å². The van der Waals surface area contributed by atoms with Crippen molar-refractivity contribution in [3.63, 3.8) is 0 Å². The summed E-state index contributed by atoms with van der Waals surface area (Å²) >= 11 is 0. The first-order valence-electron chi connectivity index (χ1n) is 7.78. The largest absolute Gasteiger partial charge is 0.490 e. The number of nitrogens with zero attached hydrogens (tertiary/aromatic N) is 2. The fourth-order valence-electron chi connectivity index (χ4n) is 2.60. The zero-order valence-electron chi connectivity index (χ0n) is 12.3. The highest BCUT2D eigenvalue weighted by Gasteiger charge is 2.23. The van der Waals surface area contributed by atoms with E-state index in [1.54, 1.807) is 16.8 Å².